The molecule has 1 atom stereocenters. The van der Waals surface area contributed by atoms with Crippen molar-refractivity contribution in [1.29, 1.82) is 0 Å². The third-order valence-electron chi connectivity index (χ3n) is 2.20. The first-order chi connectivity index (χ1) is 6.58. The fourth-order valence-electron chi connectivity index (χ4n) is 1.53. The van der Waals surface area contributed by atoms with E-state index in [-0.39, 0.29) is 17.7 Å². The molecule has 1 heterocycles. The van der Waals surface area contributed by atoms with Crippen molar-refractivity contribution in [2.75, 3.05) is 5.32 Å². The first-order valence-corrected chi connectivity index (χ1v) is 4.05. The molecule has 0 aliphatic carbocycles. The van der Waals surface area contributed by atoms with Gasteiger partial charge in [-0.25, -0.2) is 13.6 Å². The fraction of sp³-hybridized carbons (Fsp3) is 0.222. The van der Waals surface area contributed by atoms with Gasteiger partial charge in [-0.05, 0) is 6.07 Å². The van der Waals surface area contributed by atoms with E-state index in [4.69, 9.17) is 5.11 Å². The Morgan fingerprint density at radius 3 is 2.86 bits per heavy atom. The van der Waals surface area contributed by atoms with Gasteiger partial charge in [-0.2, -0.15) is 0 Å². The van der Waals surface area contributed by atoms with Crippen molar-refractivity contribution in [3.8, 4) is 0 Å². The Morgan fingerprint density at radius 2 is 2.21 bits per heavy atom. The number of carbonyl (C=O) groups is 1. The summed E-state index contributed by atoms with van der Waals surface area (Å²) in [6.07, 6.45) is 0.0524. The Labute approximate surface area is 78.4 Å². The molecule has 5 heteroatoms. The Kier molecular flexibility index (Phi) is 1.87. The number of aliphatic carboxylic acids is 1. The zero-order valence-corrected chi connectivity index (χ0v) is 7.05. The van der Waals surface area contributed by atoms with Crippen molar-refractivity contribution in [2.24, 2.45) is 0 Å². The molecule has 0 unspecified atom stereocenters. The van der Waals surface area contributed by atoms with Gasteiger partial charge in [0.05, 0.1) is 0 Å². The molecule has 0 radical (unpaired) electrons. The monoisotopic (exact) mass is 199 g/mol. The van der Waals surface area contributed by atoms with Gasteiger partial charge in [-0.3, -0.25) is 0 Å². The van der Waals surface area contributed by atoms with Crippen LogP contribution in [-0.2, 0) is 11.2 Å². The van der Waals surface area contributed by atoms with Crippen LogP contribution in [0.2, 0.25) is 0 Å². The summed E-state index contributed by atoms with van der Waals surface area (Å²) in [6, 6.07) is 0.993. The van der Waals surface area contributed by atoms with Crippen LogP contribution in [0.25, 0.3) is 0 Å². The first-order valence-electron chi connectivity index (χ1n) is 4.05. The molecule has 1 aliphatic rings. The molecule has 0 spiro atoms. The number of hydrogen-bond acceptors (Lipinski definition) is 2. The Hall–Kier alpha value is -1.65. The standard InChI is InChI=1S/C9H7F2NO2/c10-4-1-6(11)5-3-8(9(13)14)12-7(5)2-4/h1-2,8,12H,3H2,(H,13,14)/t8-/m1/s1. The summed E-state index contributed by atoms with van der Waals surface area (Å²) in [4.78, 5) is 10.6. The molecule has 2 rings (SSSR count). The van der Waals surface area contributed by atoms with Crippen molar-refractivity contribution < 1.29 is 18.7 Å². The Morgan fingerprint density at radius 1 is 1.50 bits per heavy atom. The highest BCUT2D eigenvalue weighted by Crippen LogP contribution is 2.29. The van der Waals surface area contributed by atoms with Crippen molar-refractivity contribution in [3.63, 3.8) is 0 Å². The minimum Gasteiger partial charge on any atom is -0.480 e. The Bertz CT molecular complexity index is 406. The highest BCUT2D eigenvalue weighted by atomic mass is 19.1. The normalized spacial score (nSPS) is 18.9. The first kappa shape index (κ1) is 8.93. The van der Waals surface area contributed by atoms with E-state index in [1.807, 2.05) is 0 Å². The SMILES string of the molecule is O=C(O)[C@H]1Cc2c(F)cc(F)cc2N1. The minimum absolute atomic E-state index is 0.0524. The number of nitrogens with one attached hydrogen (secondary N) is 1. The molecular weight excluding hydrogens is 192 g/mol. The van der Waals surface area contributed by atoms with Crippen LogP contribution in [0.15, 0.2) is 12.1 Å². The van der Waals surface area contributed by atoms with E-state index < -0.39 is 23.6 Å². The molecule has 14 heavy (non-hydrogen) atoms. The number of hydrogen-bond donors (Lipinski definition) is 2. The van der Waals surface area contributed by atoms with E-state index in [0.29, 0.717) is 0 Å². The van der Waals surface area contributed by atoms with Gasteiger partial charge in [-0.1, -0.05) is 0 Å². The number of anilines is 1. The van der Waals surface area contributed by atoms with Crippen LogP contribution in [0.3, 0.4) is 0 Å². The molecule has 1 aromatic rings. The van der Waals surface area contributed by atoms with Gasteiger partial charge in [0.25, 0.3) is 0 Å². The summed E-state index contributed by atoms with van der Waals surface area (Å²) in [5.74, 6) is -2.47. The maximum atomic E-state index is 13.1. The van der Waals surface area contributed by atoms with Crippen LogP contribution in [0, 0.1) is 11.6 Å². The largest absolute Gasteiger partial charge is 0.480 e. The van der Waals surface area contributed by atoms with Gasteiger partial charge < -0.3 is 10.4 Å². The third kappa shape index (κ3) is 1.30. The van der Waals surface area contributed by atoms with Crippen molar-refractivity contribution in [3.05, 3.63) is 29.3 Å². The smallest absolute Gasteiger partial charge is 0.326 e. The molecule has 0 fully saturated rings. The number of carboxylic acids is 1. The zero-order chi connectivity index (χ0) is 10.3. The maximum Gasteiger partial charge on any atom is 0.326 e. The van der Waals surface area contributed by atoms with Crippen molar-refractivity contribution in [1.82, 2.24) is 0 Å². The van der Waals surface area contributed by atoms with E-state index in [1.165, 1.54) is 0 Å². The summed E-state index contributed by atoms with van der Waals surface area (Å²) in [5.41, 5.74) is 0.466. The van der Waals surface area contributed by atoms with Crippen LogP contribution in [0.4, 0.5) is 14.5 Å². The predicted octanol–water partition coefficient (Wildman–Crippen LogP) is 1.39. The average Bonchev–Trinajstić information content (AvgIpc) is 2.47. The number of benzene rings is 1. The zero-order valence-electron chi connectivity index (χ0n) is 7.05. The van der Waals surface area contributed by atoms with Crippen molar-refractivity contribution >= 4 is 11.7 Å². The maximum absolute atomic E-state index is 13.1. The molecule has 0 saturated carbocycles. The molecular formula is C9H7F2NO2. The molecule has 0 bridgehead atoms. The predicted molar refractivity (Wildman–Crippen MR) is 45.1 cm³/mol. The molecule has 3 nitrogen and oxygen atoms in total. The van der Waals surface area contributed by atoms with Crippen LogP contribution < -0.4 is 5.32 Å². The second-order valence-electron chi connectivity index (χ2n) is 3.15. The van der Waals surface area contributed by atoms with Gasteiger partial charge in [-0.15, -0.1) is 0 Å². The molecule has 0 saturated heterocycles. The molecule has 0 amide bonds. The topological polar surface area (TPSA) is 49.3 Å². The third-order valence-corrected chi connectivity index (χ3v) is 2.20. The lowest BCUT2D eigenvalue weighted by Gasteiger charge is -2.03. The fourth-order valence-corrected chi connectivity index (χ4v) is 1.53. The Balaban J connectivity index is 2.39. The molecule has 2 N–H and O–H groups in total. The summed E-state index contributed by atoms with van der Waals surface area (Å²) in [6.45, 7) is 0. The second kappa shape index (κ2) is 2.94. The van der Waals surface area contributed by atoms with Gasteiger partial charge in [0.1, 0.15) is 17.7 Å². The van der Waals surface area contributed by atoms with Crippen LogP contribution >= 0.6 is 0 Å². The minimum atomic E-state index is -1.07. The highest BCUT2D eigenvalue weighted by Gasteiger charge is 2.29. The lowest BCUT2D eigenvalue weighted by atomic mass is 10.1. The summed E-state index contributed by atoms with van der Waals surface area (Å²) < 4.78 is 25.8. The average molecular weight is 199 g/mol. The van der Waals surface area contributed by atoms with E-state index in [1.54, 1.807) is 0 Å². The van der Waals surface area contributed by atoms with E-state index >= 15 is 0 Å². The van der Waals surface area contributed by atoms with Gasteiger partial charge in [0.15, 0.2) is 0 Å². The number of rotatable bonds is 1. The second-order valence-corrected chi connectivity index (χ2v) is 3.15. The lowest BCUT2D eigenvalue weighted by molar-refractivity contribution is -0.137. The summed E-state index contributed by atoms with van der Waals surface area (Å²) >= 11 is 0. The van der Waals surface area contributed by atoms with Crippen LogP contribution in [0.5, 0.6) is 0 Å². The number of halogens is 2. The van der Waals surface area contributed by atoms with E-state index in [0.717, 1.165) is 12.1 Å². The lowest BCUT2D eigenvalue weighted by Crippen LogP contribution is -2.26. The number of fused-ring (bicyclic) bond motifs is 1. The molecule has 1 aromatic carbocycles. The van der Waals surface area contributed by atoms with Gasteiger partial charge in [0, 0.05) is 23.7 Å². The van der Waals surface area contributed by atoms with Crippen LogP contribution in [-0.4, -0.2) is 17.1 Å². The van der Waals surface area contributed by atoms with Crippen LogP contribution in [0.1, 0.15) is 5.56 Å². The molecule has 1 aliphatic heterocycles. The van der Waals surface area contributed by atoms with Gasteiger partial charge in [0.2, 0.25) is 0 Å². The molecule has 74 valence electrons. The van der Waals surface area contributed by atoms with E-state index in [2.05, 4.69) is 5.32 Å². The van der Waals surface area contributed by atoms with Gasteiger partial charge >= 0.3 is 5.97 Å². The quantitative estimate of drug-likeness (QED) is 0.718. The number of carboxylic acid groups (broad SMARTS) is 1. The van der Waals surface area contributed by atoms with Crippen molar-refractivity contribution in [2.45, 2.75) is 12.5 Å². The summed E-state index contributed by atoms with van der Waals surface area (Å²) in [5, 5.41) is 11.2. The highest BCUT2D eigenvalue weighted by molar-refractivity contribution is 5.81. The van der Waals surface area contributed by atoms with E-state index in [9.17, 15) is 13.6 Å². The molecule has 0 aromatic heterocycles. The summed E-state index contributed by atoms with van der Waals surface area (Å²) in [7, 11) is 0.